The van der Waals surface area contributed by atoms with Crippen molar-refractivity contribution in [3.05, 3.63) is 14.9 Å². The molecule has 0 N–H and O–H groups in total. The van der Waals surface area contributed by atoms with Crippen molar-refractivity contribution in [3.63, 3.8) is 0 Å². The summed E-state index contributed by atoms with van der Waals surface area (Å²) in [5.41, 5.74) is 0.865. The highest BCUT2D eigenvalue weighted by Gasteiger charge is 2.10. The molecule has 0 saturated heterocycles. The first-order valence-corrected chi connectivity index (χ1v) is 6.27. The predicted molar refractivity (Wildman–Crippen MR) is 66.3 cm³/mol. The number of aromatic nitrogens is 3. The van der Waals surface area contributed by atoms with E-state index in [0.717, 1.165) is 27.3 Å². The van der Waals surface area contributed by atoms with Gasteiger partial charge in [-0.05, 0) is 25.6 Å². The van der Waals surface area contributed by atoms with Gasteiger partial charge in [0.2, 0.25) is 0 Å². The summed E-state index contributed by atoms with van der Waals surface area (Å²) >= 11 is 12.8. The Morgan fingerprint density at radius 2 is 2.20 bits per heavy atom. The van der Waals surface area contributed by atoms with Crippen molar-refractivity contribution < 1.29 is 0 Å². The molecule has 0 aliphatic heterocycles. The summed E-state index contributed by atoms with van der Waals surface area (Å²) in [7, 11) is 0. The minimum atomic E-state index is 0.503. The second-order valence-electron chi connectivity index (χ2n) is 3.23. The van der Waals surface area contributed by atoms with Crippen molar-refractivity contribution in [1.29, 1.82) is 0 Å². The molecule has 0 atom stereocenters. The van der Waals surface area contributed by atoms with Crippen LogP contribution in [0.1, 0.15) is 19.2 Å². The molecule has 0 bridgehead atoms. The van der Waals surface area contributed by atoms with Gasteiger partial charge in [-0.15, -0.1) is 0 Å². The Labute approximate surface area is 102 Å². The lowest BCUT2D eigenvalue weighted by molar-refractivity contribution is 0.693. The predicted octanol–water partition coefficient (Wildman–Crippen LogP) is 3.59. The highest BCUT2D eigenvalue weighted by Crippen LogP contribution is 2.27. The fraction of sp³-hybridized carbons (Fsp3) is 0.444. The van der Waals surface area contributed by atoms with Crippen molar-refractivity contribution in [3.8, 4) is 0 Å². The summed E-state index contributed by atoms with van der Waals surface area (Å²) < 4.78 is 3.73. The Morgan fingerprint density at radius 1 is 1.47 bits per heavy atom. The smallest absolute Gasteiger partial charge is 0.163 e. The van der Waals surface area contributed by atoms with Crippen LogP contribution in [0.3, 0.4) is 0 Å². The van der Waals surface area contributed by atoms with Crippen molar-refractivity contribution in [2.75, 3.05) is 0 Å². The van der Waals surface area contributed by atoms with E-state index >= 15 is 0 Å². The lowest BCUT2D eigenvalue weighted by Crippen LogP contribution is -1.99. The van der Waals surface area contributed by atoms with E-state index in [0.29, 0.717) is 11.0 Å². The van der Waals surface area contributed by atoms with Crippen LogP contribution in [0.4, 0.5) is 0 Å². The molecule has 2 rings (SSSR count). The minimum absolute atomic E-state index is 0.503. The largest absolute Gasteiger partial charge is 0.308 e. The first-order valence-electron chi connectivity index (χ1n) is 4.67. The van der Waals surface area contributed by atoms with Crippen LogP contribution in [0.5, 0.6) is 0 Å². The maximum atomic E-state index is 6.05. The molecule has 3 nitrogen and oxygen atoms in total. The van der Waals surface area contributed by atoms with Gasteiger partial charge in [-0.3, -0.25) is 0 Å². The van der Waals surface area contributed by atoms with Crippen LogP contribution in [0.15, 0.2) is 0 Å². The second-order valence-corrected chi connectivity index (χ2v) is 5.24. The second kappa shape index (κ2) is 4.15. The average molecular weight is 260 g/mol. The molecule has 0 spiro atoms. The third kappa shape index (κ3) is 1.91. The number of rotatable bonds is 2. The van der Waals surface area contributed by atoms with Gasteiger partial charge in [-0.25, -0.2) is 9.97 Å². The number of aryl methyl sites for hydroxylation is 2. The Bertz CT molecular complexity index is 558. The molecular weight excluding hydrogens is 250 g/mol. The van der Waals surface area contributed by atoms with Gasteiger partial charge in [0.05, 0.1) is 0 Å². The molecule has 6 heteroatoms. The standard InChI is InChI=1S/C9H10ClN3S2/c1-3-4-13-8-6(15-9(13)14)7(10)11-5(2)12-8/h3-4H2,1-2H3. The molecule has 0 amide bonds. The lowest BCUT2D eigenvalue weighted by atomic mass is 10.4. The molecule has 0 aliphatic rings. The summed E-state index contributed by atoms with van der Waals surface area (Å²) in [6.45, 7) is 4.83. The zero-order valence-electron chi connectivity index (χ0n) is 8.45. The van der Waals surface area contributed by atoms with E-state index in [4.69, 9.17) is 23.8 Å². The number of halogens is 1. The molecular formula is C9H10ClN3S2. The molecule has 0 unspecified atom stereocenters. The van der Waals surface area contributed by atoms with E-state index < -0.39 is 0 Å². The highest BCUT2D eigenvalue weighted by molar-refractivity contribution is 7.73. The van der Waals surface area contributed by atoms with E-state index in [1.165, 1.54) is 11.3 Å². The molecule has 15 heavy (non-hydrogen) atoms. The molecule has 0 saturated carbocycles. The summed E-state index contributed by atoms with van der Waals surface area (Å²) in [5, 5.41) is 0.503. The minimum Gasteiger partial charge on any atom is -0.308 e. The molecule has 0 aliphatic carbocycles. The van der Waals surface area contributed by atoms with Gasteiger partial charge in [0.15, 0.2) is 14.8 Å². The summed E-state index contributed by atoms with van der Waals surface area (Å²) in [5.74, 6) is 0.685. The third-order valence-corrected chi connectivity index (χ3v) is 3.86. The van der Waals surface area contributed by atoms with Gasteiger partial charge in [0.1, 0.15) is 10.5 Å². The number of nitrogens with zero attached hydrogens (tertiary/aromatic N) is 3. The molecule has 2 aromatic rings. The van der Waals surface area contributed by atoms with Crippen LogP contribution >= 0.6 is 35.2 Å². The van der Waals surface area contributed by atoms with Crippen molar-refractivity contribution >= 4 is 45.5 Å². The first kappa shape index (κ1) is 11.0. The van der Waals surface area contributed by atoms with Crippen LogP contribution in [0.2, 0.25) is 5.15 Å². The van der Waals surface area contributed by atoms with Crippen molar-refractivity contribution in [2.24, 2.45) is 0 Å². The molecule has 0 fully saturated rings. The molecule has 2 aromatic heterocycles. The Morgan fingerprint density at radius 3 is 2.87 bits per heavy atom. The summed E-state index contributed by atoms with van der Waals surface area (Å²) in [6.07, 6.45) is 1.03. The van der Waals surface area contributed by atoms with Gasteiger partial charge >= 0.3 is 0 Å². The van der Waals surface area contributed by atoms with Gasteiger partial charge in [0, 0.05) is 6.54 Å². The Hall–Kier alpha value is -0.520. The lowest BCUT2D eigenvalue weighted by Gasteiger charge is -2.01. The van der Waals surface area contributed by atoms with Crippen molar-refractivity contribution in [1.82, 2.24) is 14.5 Å². The third-order valence-electron chi connectivity index (χ3n) is 2.03. The molecule has 2 heterocycles. The SMILES string of the molecule is CCCn1c(=S)sc2c(Cl)nc(C)nc21. The monoisotopic (exact) mass is 259 g/mol. The average Bonchev–Trinajstić information content (AvgIpc) is 2.46. The molecule has 0 aromatic carbocycles. The van der Waals surface area contributed by atoms with Crippen LogP contribution in [0.25, 0.3) is 10.3 Å². The number of hydrogen-bond acceptors (Lipinski definition) is 4. The van der Waals surface area contributed by atoms with E-state index in [1.54, 1.807) is 0 Å². The number of hydrogen-bond donors (Lipinski definition) is 0. The van der Waals surface area contributed by atoms with Crippen molar-refractivity contribution in [2.45, 2.75) is 26.8 Å². The zero-order chi connectivity index (χ0) is 11.0. The van der Waals surface area contributed by atoms with Gasteiger partial charge in [0.25, 0.3) is 0 Å². The maximum absolute atomic E-state index is 6.05. The maximum Gasteiger partial charge on any atom is 0.163 e. The molecule has 80 valence electrons. The highest BCUT2D eigenvalue weighted by atomic mass is 35.5. The topological polar surface area (TPSA) is 30.7 Å². The van der Waals surface area contributed by atoms with E-state index in [9.17, 15) is 0 Å². The first-order chi connectivity index (χ1) is 7.13. The van der Waals surface area contributed by atoms with Crippen LogP contribution in [-0.4, -0.2) is 14.5 Å². The molecule has 0 radical (unpaired) electrons. The normalized spacial score (nSPS) is 11.1. The fourth-order valence-corrected chi connectivity index (χ4v) is 3.02. The van der Waals surface area contributed by atoms with E-state index in [2.05, 4.69) is 16.9 Å². The van der Waals surface area contributed by atoms with Gasteiger partial charge in [-0.2, -0.15) is 0 Å². The van der Waals surface area contributed by atoms with E-state index in [1.807, 2.05) is 11.5 Å². The Kier molecular flexibility index (Phi) is 3.04. The van der Waals surface area contributed by atoms with Gasteiger partial charge in [-0.1, -0.05) is 29.9 Å². The number of thiazole rings is 1. The van der Waals surface area contributed by atoms with Crippen LogP contribution in [-0.2, 0) is 6.54 Å². The number of fused-ring (bicyclic) bond motifs is 1. The Balaban J connectivity index is 2.80. The quantitative estimate of drug-likeness (QED) is 0.610. The summed E-state index contributed by atoms with van der Waals surface area (Å²) in [6, 6.07) is 0. The van der Waals surface area contributed by atoms with E-state index in [-0.39, 0.29) is 0 Å². The zero-order valence-corrected chi connectivity index (χ0v) is 10.8. The fourth-order valence-electron chi connectivity index (χ4n) is 1.43. The van der Waals surface area contributed by atoms with Crippen LogP contribution < -0.4 is 0 Å². The van der Waals surface area contributed by atoms with Crippen LogP contribution in [0, 0.1) is 10.9 Å². The van der Waals surface area contributed by atoms with Gasteiger partial charge < -0.3 is 4.57 Å². The summed E-state index contributed by atoms with van der Waals surface area (Å²) in [4.78, 5) is 8.51.